The third-order valence-electron chi connectivity index (χ3n) is 5.83. The van der Waals surface area contributed by atoms with E-state index in [1.54, 1.807) is 7.05 Å². The van der Waals surface area contributed by atoms with Crippen LogP contribution < -0.4 is 21.7 Å². The van der Waals surface area contributed by atoms with Gasteiger partial charge < -0.3 is 32.0 Å². The van der Waals surface area contributed by atoms with Gasteiger partial charge in [-0.2, -0.15) is 0 Å². The minimum absolute atomic E-state index is 0.0523. The lowest BCUT2D eigenvalue weighted by Crippen LogP contribution is -2.71. The Bertz CT molecular complexity index is 1190. The number of thiazole rings is 1. The smallest absolute Gasteiger partial charge is 0.352 e. The molecule has 3 aliphatic rings. The van der Waals surface area contributed by atoms with E-state index in [0.717, 1.165) is 16.2 Å². The number of amides is 3. The summed E-state index contributed by atoms with van der Waals surface area (Å²) >= 11 is 2.34. The van der Waals surface area contributed by atoms with Crippen LogP contribution in [0.2, 0.25) is 0 Å². The molecule has 1 aromatic rings. The summed E-state index contributed by atoms with van der Waals surface area (Å²) in [6, 6.07) is -1.03. The van der Waals surface area contributed by atoms with E-state index in [9.17, 15) is 29.5 Å². The predicted octanol–water partition coefficient (Wildman–Crippen LogP) is -0.932. The zero-order valence-electron chi connectivity index (χ0n) is 18.5. The normalized spacial score (nSPS) is 23.6. The number of hydrogen-bond acceptors (Lipinski definition) is 11. The summed E-state index contributed by atoms with van der Waals surface area (Å²) in [5.41, 5.74) is 6.59. The average molecular weight is 522 g/mol. The fourth-order valence-electron chi connectivity index (χ4n) is 4.21. The Balaban J connectivity index is 1.61. The van der Waals surface area contributed by atoms with E-state index in [1.807, 2.05) is 0 Å². The molecule has 15 heteroatoms. The van der Waals surface area contributed by atoms with Crippen molar-refractivity contribution in [1.29, 1.82) is 0 Å². The van der Waals surface area contributed by atoms with E-state index in [1.165, 1.54) is 17.1 Å². The van der Waals surface area contributed by atoms with Crippen LogP contribution in [0.15, 0.2) is 33.0 Å². The number of nitrogen functional groups attached to an aromatic ring is 1. The van der Waals surface area contributed by atoms with Gasteiger partial charge in [0, 0.05) is 23.3 Å². The van der Waals surface area contributed by atoms with Crippen molar-refractivity contribution >= 4 is 57.6 Å². The van der Waals surface area contributed by atoms with Crippen LogP contribution in [0.4, 0.5) is 5.13 Å². The van der Waals surface area contributed by atoms with Crippen LogP contribution in [0.3, 0.4) is 0 Å². The van der Waals surface area contributed by atoms with Gasteiger partial charge in [0.15, 0.2) is 10.8 Å². The molecule has 1 aromatic heterocycles. The number of nitrogens with one attached hydrogen (secondary N) is 3. The number of β-lactam (4-membered cyclic amide) rings is 1. The molecule has 0 spiro atoms. The molecule has 3 amide bonds. The number of aromatic nitrogens is 1. The quantitative estimate of drug-likeness (QED) is 0.0816. The molecule has 0 radical (unpaired) electrons. The van der Waals surface area contributed by atoms with Crippen molar-refractivity contribution < 1.29 is 29.5 Å². The van der Waals surface area contributed by atoms with Crippen molar-refractivity contribution in [3.8, 4) is 0 Å². The molecule has 186 valence electrons. The molecule has 0 bridgehead atoms. The number of aliphatic carboxylic acids is 1. The first-order valence-corrected chi connectivity index (χ1v) is 12.5. The Morgan fingerprint density at radius 3 is 2.74 bits per heavy atom. The van der Waals surface area contributed by atoms with Crippen molar-refractivity contribution in [2.75, 3.05) is 31.6 Å². The van der Waals surface area contributed by atoms with E-state index in [2.05, 4.69) is 26.1 Å². The second-order valence-electron chi connectivity index (χ2n) is 7.83. The Morgan fingerprint density at radius 1 is 1.40 bits per heavy atom. The van der Waals surface area contributed by atoms with Gasteiger partial charge >= 0.3 is 5.97 Å². The number of carbonyl (C=O) groups is 4. The average Bonchev–Trinajstić information content (AvgIpc) is 3.45. The second kappa shape index (κ2) is 10.1. The first-order chi connectivity index (χ1) is 16.8. The molecule has 35 heavy (non-hydrogen) atoms. The minimum atomic E-state index is -1.29. The molecular weight excluding hydrogens is 498 g/mol. The van der Waals surface area contributed by atoms with Crippen molar-refractivity contribution in [2.24, 2.45) is 5.16 Å². The molecule has 7 N–H and O–H groups in total. The number of anilines is 1. The zero-order chi connectivity index (χ0) is 25.3. The summed E-state index contributed by atoms with van der Waals surface area (Å²) in [5, 5.41) is 31.5. The predicted molar refractivity (Wildman–Crippen MR) is 128 cm³/mol. The lowest BCUT2D eigenvalue weighted by Gasteiger charge is -2.49. The number of nitrogens with two attached hydrogens (primary N) is 1. The first kappa shape index (κ1) is 24.7. The summed E-state index contributed by atoms with van der Waals surface area (Å²) in [5.74, 6) is -2.75. The zero-order valence-corrected chi connectivity index (χ0v) is 20.2. The standard InChI is InChI=1S/C20H23N7O6S2/c1-22-4-2-8(9-3-5-23-15(9)28)10-6-34-18-13(17(30)27(18)14(10)19(31)32)25-16(29)12(26-33)11-7-35-20(21)24-11/h7,13,18,22,33H,2-6H2,1H3,(H2,21,24)(H,23,28)(H,25,29)(H,31,32)/t13-,18-/m1/s1. The molecule has 0 aliphatic carbocycles. The van der Waals surface area contributed by atoms with Gasteiger partial charge in [0.25, 0.3) is 11.8 Å². The van der Waals surface area contributed by atoms with Crippen LogP contribution in [0.25, 0.3) is 0 Å². The van der Waals surface area contributed by atoms with Gasteiger partial charge in [-0.25, -0.2) is 9.78 Å². The number of hydrogen-bond donors (Lipinski definition) is 6. The summed E-state index contributed by atoms with van der Waals surface area (Å²) in [4.78, 5) is 55.4. The molecule has 2 fully saturated rings. The summed E-state index contributed by atoms with van der Waals surface area (Å²) in [6.45, 7) is 0.993. The van der Waals surface area contributed by atoms with Gasteiger partial charge in [-0.15, -0.1) is 23.1 Å². The van der Waals surface area contributed by atoms with Gasteiger partial charge in [0.05, 0.1) is 0 Å². The van der Waals surface area contributed by atoms with Crippen molar-refractivity contribution in [2.45, 2.75) is 24.3 Å². The number of thioether (sulfide) groups is 1. The minimum Gasteiger partial charge on any atom is -0.477 e. The largest absolute Gasteiger partial charge is 0.477 e. The molecule has 13 nitrogen and oxygen atoms in total. The molecule has 2 saturated heterocycles. The summed E-state index contributed by atoms with van der Waals surface area (Å²) in [6.07, 6.45) is 0.894. The van der Waals surface area contributed by atoms with Crippen LogP contribution in [0.1, 0.15) is 18.5 Å². The van der Waals surface area contributed by atoms with E-state index in [0.29, 0.717) is 42.7 Å². The lowest BCUT2D eigenvalue weighted by molar-refractivity contribution is -0.150. The van der Waals surface area contributed by atoms with Gasteiger partial charge in [-0.3, -0.25) is 19.3 Å². The van der Waals surface area contributed by atoms with Crippen LogP contribution in [0.5, 0.6) is 0 Å². The van der Waals surface area contributed by atoms with Crippen molar-refractivity contribution in [3.05, 3.63) is 33.5 Å². The van der Waals surface area contributed by atoms with E-state index >= 15 is 0 Å². The number of carbonyl (C=O) groups excluding carboxylic acids is 3. The Morgan fingerprint density at radius 2 is 2.17 bits per heavy atom. The molecule has 4 rings (SSSR count). The second-order valence-corrected chi connectivity index (χ2v) is 9.82. The highest BCUT2D eigenvalue weighted by Gasteiger charge is 2.55. The Labute approximate surface area is 207 Å². The van der Waals surface area contributed by atoms with Crippen molar-refractivity contribution in [3.63, 3.8) is 0 Å². The topological polar surface area (TPSA) is 199 Å². The third-order valence-corrected chi connectivity index (χ3v) is 7.78. The van der Waals surface area contributed by atoms with Crippen LogP contribution in [-0.4, -0.2) is 86.9 Å². The molecular formula is C20H23N7O6S2. The highest BCUT2D eigenvalue weighted by molar-refractivity contribution is 8.00. The number of carboxylic acid groups (broad SMARTS) is 1. The number of nitrogens with zero attached hydrogens (tertiary/aromatic N) is 3. The molecule has 2 atom stereocenters. The maximum atomic E-state index is 13.0. The highest BCUT2D eigenvalue weighted by Crippen LogP contribution is 2.43. The van der Waals surface area contributed by atoms with Crippen molar-refractivity contribution in [1.82, 2.24) is 25.8 Å². The van der Waals surface area contributed by atoms with E-state index in [-0.39, 0.29) is 28.2 Å². The third kappa shape index (κ3) is 4.49. The number of rotatable bonds is 8. The van der Waals surface area contributed by atoms with Crippen LogP contribution >= 0.6 is 23.1 Å². The first-order valence-electron chi connectivity index (χ1n) is 10.6. The van der Waals surface area contributed by atoms with E-state index < -0.39 is 34.9 Å². The number of fused-ring (bicyclic) bond motifs is 1. The monoisotopic (exact) mass is 521 g/mol. The molecule has 0 unspecified atom stereocenters. The van der Waals surface area contributed by atoms with E-state index in [4.69, 9.17) is 5.73 Å². The van der Waals surface area contributed by atoms with Crippen LogP contribution in [-0.2, 0) is 19.2 Å². The highest BCUT2D eigenvalue weighted by atomic mass is 32.2. The SMILES string of the molecule is CNCCC(=C1CCNC1=O)C1=C(C(=O)O)N2C(=O)[C@@H](NC(=O)C(=NO)c3csc(N)n3)[C@H]2SC1. The summed E-state index contributed by atoms with van der Waals surface area (Å²) < 4.78 is 0. The maximum absolute atomic E-state index is 13.0. The maximum Gasteiger partial charge on any atom is 0.352 e. The molecule has 0 saturated carbocycles. The van der Waals surface area contributed by atoms with Gasteiger partial charge in [0.2, 0.25) is 5.91 Å². The van der Waals surface area contributed by atoms with Crippen LogP contribution in [0, 0.1) is 0 Å². The molecule has 4 heterocycles. The molecule has 3 aliphatic heterocycles. The Hall–Kier alpha value is -3.43. The lowest BCUT2D eigenvalue weighted by atomic mass is 9.92. The fraction of sp³-hybridized carbons (Fsp3) is 0.400. The van der Waals surface area contributed by atoms with Gasteiger partial charge in [-0.05, 0) is 37.6 Å². The summed E-state index contributed by atoms with van der Waals surface area (Å²) in [7, 11) is 1.76. The molecule has 0 aromatic carbocycles. The van der Waals surface area contributed by atoms with Gasteiger partial charge in [-0.1, -0.05) is 5.16 Å². The Kier molecular flexibility index (Phi) is 7.09. The number of carboxylic acids is 1. The van der Waals surface area contributed by atoms with Gasteiger partial charge in [0.1, 0.15) is 22.8 Å². The fourth-order valence-corrected chi connectivity index (χ4v) is 6.14. The number of oxime groups is 1.